The summed E-state index contributed by atoms with van der Waals surface area (Å²) in [6, 6.07) is 16.0. The molecule has 3 aromatic carbocycles. The molecule has 0 radical (unpaired) electrons. The average Bonchev–Trinajstić information content (AvgIpc) is 3.06. The molecule has 1 N–H and O–H groups in total. The van der Waals surface area contributed by atoms with E-state index < -0.39 is 63.8 Å². The van der Waals surface area contributed by atoms with Gasteiger partial charge in [0.1, 0.15) is 17.4 Å². The molecule has 0 bridgehead atoms. The van der Waals surface area contributed by atoms with E-state index in [0.29, 0.717) is 25.2 Å². The molecule has 1 aliphatic heterocycles. The number of nitrogens with zero attached hydrogens (tertiary/aromatic N) is 4. The number of halogens is 4. The summed E-state index contributed by atoms with van der Waals surface area (Å²) in [6.45, 7) is 1.08. The van der Waals surface area contributed by atoms with Gasteiger partial charge in [0.05, 0.1) is 12.1 Å². The van der Waals surface area contributed by atoms with E-state index in [-0.39, 0.29) is 30.8 Å². The number of hydrogen-bond acceptors (Lipinski definition) is 6. The van der Waals surface area contributed by atoms with Crippen molar-refractivity contribution in [2.45, 2.75) is 13.0 Å². The Bertz CT molecular complexity index is 1900. The van der Waals surface area contributed by atoms with Crippen molar-refractivity contribution in [2.75, 3.05) is 50.1 Å². The lowest BCUT2D eigenvalue weighted by Crippen LogP contribution is -2.50. The minimum atomic E-state index is -1.43. The van der Waals surface area contributed by atoms with Crippen LogP contribution in [0.4, 0.5) is 28.9 Å². The number of aromatic nitrogens is 1. The predicted octanol–water partition coefficient (Wildman–Crippen LogP) is 4.93. The smallest absolute Gasteiger partial charge is 0.294 e. The van der Waals surface area contributed by atoms with Crippen LogP contribution < -0.4 is 15.4 Å². The van der Waals surface area contributed by atoms with E-state index >= 15 is 0 Å². The molecule has 47 heavy (non-hydrogen) atoms. The number of benzene rings is 3. The monoisotopic (exact) mass is 648 g/mol. The van der Waals surface area contributed by atoms with Gasteiger partial charge in [-0.05, 0) is 54.1 Å². The molecule has 2 heterocycles. The number of anilines is 2. The number of carbonyl (C=O) groups excluding carboxylic acids is 2. The summed E-state index contributed by atoms with van der Waals surface area (Å²) in [5.74, 6) is -7.20. The number of aliphatic hydroxyl groups is 1. The Morgan fingerprint density at radius 3 is 2.19 bits per heavy atom. The Labute approximate surface area is 268 Å². The normalized spacial score (nSPS) is 13.5. The molecular formula is C35H32F4N4O4. The summed E-state index contributed by atoms with van der Waals surface area (Å²) in [5, 5.41) is 10.9. The fraction of sp³-hybridized carbons (Fsp3) is 0.229. The van der Waals surface area contributed by atoms with E-state index in [1.165, 1.54) is 29.3 Å². The van der Waals surface area contributed by atoms with Gasteiger partial charge in [-0.1, -0.05) is 18.2 Å². The van der Waals surface area contributed by atoms with Crippen molar-refractivity contribution in [1.82, 2.24) is 9.47 Å². The molecule has 1 fully saturated rings. The lowest BCUT2D eigenvalue weighted by atomic mass is 10.0. The number of hydrogen-bond donors (Lipinski definition) is 1. The standard InChI is InChI=1S/C35H32F4N4O4/c1-40(2)24-7-9-25(10-8-24)41-13-15-42(16-14-41)35(47)32(45)19-31(44)27-18-22(17-26-29(37)11-12-30(38)33(26)39)20-43(34(27)46)21-23-5-3-4-6-28(23)36/h3-12,18-20,44H,13-17,21H2,1-2H3. The molecular weight excluding hydrogens is 616 g/mol. The van der Waals surface area contributed by atoms with E-state index in [2.05, 4.69) is 4.90 Å². The maximum absolute atomic E-state index is 14.5. The highest BCUT2D eigenvalue weighted by Gasteiger charge is 2.26. The minimum absolute atomic E-state index is 0.0489. The number of ketones is 1. The Balaban J connectivity index is 1.38. The van der Waals surface area contributed by atoms with Gasteiger partial charge in [-0.15, -0.1) is 0 Å². The van der Waals surface area contributed by atoms with Crippen LogP contribution in [-0.2, 0) is 22.6 Å². The number of pyridine rings is 1. The highest BCUT2D eigenvalue weighted by molar-refractivity contribution is 6.41. The fourth-order valence-corrected chi connectivity index (χ4v) is 5.39. The Morgan fingerprint density at radius 1 is 0.872 bits per heavy atom. The average molecular weight is 649 g/mol. The van der Waals surface area contributed by atoms with Crippen molar-refractivity contribution in [1.29, 1.82) is 0 Å². The Hall–Kier alpha value is -5.39. The lowest BCUT2D eigenvalue weighted by Gasteiger charge is -2.35. The second kappa shape index (κ2) is 13.9. The first-order chi connectivity index (χ1) is 22.4. The lowest BCUT2D eigenvalue weighted by molar-refractivity contribution is -0.142. The zero-order valence-corrected chi connectivity index (χ0v) is 25.7. The molecule has 12 heteroatoms. The van der Waals surface area contributed by atoms with Crippen molar-refractivity contribution in [2.24, 2.45) is 0 Å². The Kier molecular flexibility index (Phi) is 9.78. The molecule has 8 nitrogen and oxygen atoms in total. The second-order valence-corrected chi connectivity index (χ2v) is 11.4. The van der Waals surface area contributed by atoms with E-state index in [9.17, 15) is 37.1 Å². The molecule has 244 valence electrons. The topological polar surface area (TPSA) is 86.1 Å². The van der Waals surface area contributed by atoms with Gasteiger partial charge in [0.2, 0.25) is 5.78 Å². The van der Waals surface area contributed by atoms with Gasteiger partial charge in [-0.25, -0.2) is 17.6 Å². The molecule has 0 atom stereocenters. The molecule has 1 amide bonds. The van der Waals surface area contributed by atoms with Crippen LogP contribution in [0, 0.1) is 23.3 Å². The van der Waals surface area contributed by atoms with Crippen LogP contribution in [0.1, 0.15) is 22.3 Å². The SMILES string of the molecule is CN(C)c1ccc(N2CCN(C(=O)C(=O)C=C(O)c3cc(Cc4c(F)ccc(F)c4F)cn(Cc4ccccc4F)c3=O)CC2)cc1. The van der Waals surface area contributed by atoms with Crippen molar-refractivity contribution in [3.8, 4) is 0 Å². The van der Waals surface area contributed by atoms with Crippen LogP contribution >= 0.6 is 0 Å². The van der Waals surface area contributed by atoms with Gasteiger partial charge < -0.3 is 24.4 Å². The van der Waals surface area contributed by atoms with Gasteiger partial charge in [0.15, 0.2) is 11.6 Å². The van der Waals surface area contributed by atoms with Crippen molar-refractivity contribution in [3.05, 3.63) is 135 Å². The maximum atomic E-state index is 14.5. The van der Waals surface area contributed by atoms with E-state index in [0.717, 1.165) is 28.1 Å². The quantitative estimate of drug-likeness (QED) is 0.0912. The molecule has 1 aromatic heterocycles. The summed E-state index contributed by atoms with van der Waals surface area (Å²) >= 11 is 0. The first-order valence-electron chi connectivity index (χ1n) is 14.8. The summed E-state index contributed by atoms with van der Waals surface area (Å²) in [4.78, 5) is 44.8. The minimum Gasteiger partial charge on any atom is -0.507 e. The summed E-state index contributed by atoms with van der Waals surface area (Å²) in [7, 11) is 3.88. The largest absolute Gasteiger partial charge is 0.507 e. The molecule has 4 aromatic rings. The zero-order chi connectivity index (χ0) is 33.8. The van der Waals surface area contributed by atoms with Gasteiger partial charge in [-0.2, -0.15) is 0 Å². The number of rotatable bonds is 9. The van der Waals surface area contributed by atoms with Crippen molar-refractivity contribution in [3.63, 3.8) is 0 Å². The van der Waals surface area contributed by atoms with Gasteiger partial charge in [-0.3, -0.25) is 14.4 Å². The molecule has 1 saturated heterocycles. The second-order valence-electron chi connectivity index (χ2n) is 11.4. The third-order valence-electron chi connectivity index (χ3n) is 8.01. The van der Waals surface area contributed by atoms with Crippen LogP contribution in [0.25, 0.3) is 5.76 Å². The molecule has 0 aliphatic carbocycles. The molecule has 1 aliphatic rings. The summed E-state index contributed by atoms with van der Waals surface area (Å²) in [5.41, 5.74) is 0.197. The van der Waals surface area contributed by atoms with Crippen LogP contribution in [-0.4, -0.2) is 66.5 Å². The molecule has 0 spiro atoms. The number of aliphatic hydroxyl groups excluding tert-OH is 1. The number of amides is 1. The molecule has 0 unspecified atom stereocenters. The van der Waals surface area contributed by atoms with Gasteiger partial charge in [0.25, 0.3) is 11.5 Å². The third kappa shape index (κ3) is 7.37. The van der Waals surface area contributed by atoms with E-state index in [1.807, 2.05) is 43.3 Å². The van der Waals surface area contributed by atoms with E-state index in [4.69, 9.17) is 0 Å². The van der Waals surface area contributed by atoms with Gasteiger partial charge >= 0.3 is 0 Å². The predicted molar refractivity (Wildman–Crippen MR) is 171 cm³/mol. The zero-order valence-electron chi connectivity index (χ0n) is 25.7. The Morgan fingerprint density at radius 2 is 1.53 bits per heavy atom. The number of piperazine rings is 1. The molecule has 0 saturated carbocycles. The van der Waals surface area contributed by atoms with Gasteiger partial charge in [0, 0.05) is 81.5 Å². The number of carbonyl (C=O) groups is 2. The summed E-state index contributed by atoms with van der Waals surface area (Å²) < 4.78 is 58.3. The van der Waals surface area contributed by atoms with Crippen LogP contribution in [0.15, 0.2) is 83.8 Å². The maximum Gasteiger partial charge on any atom is 0.294 e. The van der Waals surface area contributed by atoms with Crippen LogP contribution in [0.5, 0.6) is 0 Å². The fourth-order valence-electron chi connectivity index (χ4n) is 5.39. The highest BCUT2D eigenvalue weighted by Crippen LogP contribution is 2.23. The third-order valence-corrected chi connectivity index (χ3v) is 8.01. The highest BCUT2D eigenvalue weighted by atomic mass is 19.2. The first-order valence-corrected chi connectivity index (χ1v) is 14.8. The molecule has 5 rings (SSSR count). The van der Waals surface area contributed by atoms with E-state index in [1.54, 1.807) is 6.07 Å². The van der Waals surface area contributed by atoms with Crippen LogP contribution in [0.2, 0.25) is 0 Å². The van der Waals surface area contributed by atoms with Crippen molar-refractivity contribution < 1.29 is 32.3 Å². The summed E-state index contributed by atoms with van der Waals surface area (Å²) in [6.07, 6.45) is 1.28. The van der Waals surface area contributed by atoms with Crippen LogP contribution in [0.3, 0.4) is 0 Å². The van der Waals surface area contributed by atoms with Crippen molar-refractivity contribution >= 4 is 28.8 Å². The first kappa shape index (κ1) is 33.0.